The third-order valence-electron chi connectivity index (χ3n) is 5.12. The fourth-order valence-corrected chi connectivity index (χ4v) is 3.99. The first-order chi connectivity index (χ1) is 14.5. The van der Waals surface area contributed by atoms with Crippen molar-refractivity contribution in [3.8, 4) is 11.1 Å². The van der Waals surface area contributed by atoms with Crippen LogP contribution in [0.1, 0.15) is 45.4 Å². The van der Waals surface area contributed by atoms with Gasteiger partial charge in [0.25, 0.3) is 0 Å². The lowest BCUT2D eigenvalue weighted by Crippen LogP contribution is -2.25. The highest BCUT2D eigenvalue weighted by molar-refractivity contribution is 9.12. The number of halogens is 1. The molecular formula is C25H21BrN2O2. The predicted octanol–water partition coefficient (Wildman–Crippen LogP) is 6.11. The van der Waals surface area contributed by atoms with E-state index >= 15 is 0 Å². The summed E-state index contributed by atoms with van der Waals surface area (Å²) in [7, 11) is 0. The average Bonchev–Trinajstić information content (AvgIpc) is 2.76. The van der Waals surface area contributed by atoms with E-state index in [0.29, 0.717) is 11.3 Å². The number of nitrogens with one attached hydrogen (secondary N) is 1. The first kappa shape index (κ1) is 20.2. The van der Waals surface area contributed by atoms with Crippen LogP contribution in [0.25, 0.3) is 11.1 Å². The number of carbonyl (C=O) groups is 2. The van der Waals surface area contributed by atoms with Crippen molar-refractivity contribution in [2.75, 3.05) is 5.32 Å². The van der Waals surface area contributed by atoms with Crippen molar-refractivity contribution in [2.24, 2.45) is 0 Å². The number of hydrogen-bond acceptors (Lipinski definition) is 4. The fourth-order valence-electron chi connectivity index (χ4n) is 3.52. The first-order valence-electron chi connectivity index (χ1n) is 9.91. The van der Waals surface area contributed by atoms with Crippen molar-refractivity contribution in [3.05, 3.63) is 93.4 Å². The second-order valence-electron chi connectivity index (χ2n) is 7.35. The molecule has 0 atom stereocenters. The molecule has 5 heteroatoms. The van der Waals surface area contributed by atoms with Crippen LogP contribution >= 0.6 is 15.9 Å². The van der Waals surface area contributed by atoms with E-state index in [-0.39, 0.29) is 27.4 Å². The number of carbonyl (C=O) groups excluding carboxylic acids is 2. The molecule has 4 nitrogen and oxygen atoms in total. The number of ketones is 2. The van der Waals surface area contributed by atoms with E-state index in [0.717, 1.165) is 29.7 Å². The summed E-state index contributed by atoms with van der Waals surface area (Å²) in [5.74, 6) is -0.542. The van der Waals surface area contributed by atoms with Gasteiger partial charge in [0.05, 0.1) is 10.0 Å². The van der Waals surface area contributed by atoms with E-state index in [1.807, 2.05) is 24.3 Å². The SMILES string of the molecule is CCCc1ccc(-c2ccc(NC3=C(Br)C(=O)c4nc(C)ccc4C3=O)cc2)cc1. The number of nitrogens with zero attached hydrogens (tertiary/aromatic N) is 1. The maximum atomic E-state index is 12.9. The summed E-state index contributed by atoms with van der Waals surface area (Å²) >= 11 is 3.29. The van der Waals surface area contributed by atoms with Gasteiger partial charge >= 0.3 is 0 Å². The molecule has 0 fully saturated rings. The second-order valence-corrected chi connectivity index (χ2v) is 8.14. The van der Waals surface area contributed by atoms with Crippen molar-refractivity contribution in [1.29, 1.82) is 0 Å². The lowest BCUT2D eigenvalue weighted by molar-refractivity contribution is 0.0979. The van der Waals surface area contributed by atoms with Crippen LogP contribution in [0.15, 0.2) is 70.8 Å². The Bertz CT molecular complexity index is 1160. The topological polar surface area (TPSA) is 59.1 Å². The molecular weight excluding hydrogens is 440 g/mol. The van der Waals surface area contributed by atoms with Crippen molar-refractivity contribution in [2.45, 2.75) is 26.7 Å². The molecule has 0 unspecified atom stereocenters. The lowest BCUT2D eigenvalue weighted by atomic mass is 9.96. The normalized spacial score (nSPS) is 13.4. The van der Waals surface area contributed by atoms with Crippen molar-refractivity contribution in [1.82, 2.24) is 4.98 Å². The molecule has 30 heavy (non-hydrogen) atoms. The van der Waals surface area contributed by atoms with Crippen LogP contribution in [0.4, 0.5) is 5.69 Å². The molecule has 0 amide bonds. The smallest absolute Gasteiger partial charge is 0.221 e. The Kier molecular flexibility index (Phi) is 5.64. The number of fused-ring (bicyclic) bond motifs is 1. The monoisotopic (exact) mass is 460 g/mol. The standard InChI is InChI=1S/C25H21BrN2O2/c1-3-4-16-6-8-17(9-7-16)18-10-12-19(13-11-18)28-23-21(26)25(30)22-20(24(23)29)14-5-15(2)27-22/h5-14,28H,3-4H2,1-2H3. The van der Waals surface area contributed by atoms with Crippen LogP contribution < -0.4 is 5.32 Å². The molecule has 1 aliphatic carbocycles. The van der Waals surface area contributed by atoms with Gasteiger partial charge in [-0.1, -0.05) is 49.7 Å². The molecule has 1 aliphatic rings. The maximum Gasteiger partial charge on any atom is 0.221 e. The highest BCUT2D eigenvalue weighted by Gasteiger charge is 2.32. The number of aryl methyl sites for hydroxylation is 2. The molecule has 0 saturated carbocycles. The van der Waals surface area contributed by atoms with Crippen LogP contribution in [0.2, 0.25) is 0 Å². The summed E-state index contributed by atoms with van der Waals surface area (Å²) in [6.07, 6.45) is 2.21. The van der Waals surface area contributed by atoms with E-state index in [1.54, 1.807) is 19.1 Å². The molecule has 0 aliphatic heterocycles. The number of hydrogen-bond donors (Lipinski definition) is 1. The van der Waals surface area contributed by atoms with Gasteiger partial charge in [-0.15, -0.1) is 0 Å². The quantitative estimate of drug-likeness (QED) is 0.498. The molecule has 1 N–H and O–H groups in total. The zero-order chi connectivity index (χ0) is 21.3. The molecule has 150 valence electrons. The third kappa shape index (κ3) is 3.85. The Morgan fingerprint density at radius 1 is 0.867 bits per heavy atom. The molecule has 1 aromatic heterocycles. The van der Waals surface area contributed by atoms with Gasteiger partial charge < -0.3 is 5.32 Å². The number of pyridine rings is 1. The minimum Gasteiger partial charge on any atom is -0.351 e. The molecule has 2 aromatic carbocycles. The van der Waals surface area contributed by atoms with E-state index in [9.17, 15) is 9.59 Å². The fraction of sp³-hybridized carbons (Fsp3) is 0.160. The maximum absolute atomic E-state index is 12.9. The van der Waals surface area contributed by atoms with Crippen LogP contribution in [-0.4, -0.2) is 16.6 Å². The number of Topliss-reactive ketones (excluding diaryl/α,β-unsaturated/α-hetero) is 2. The lowest BCUT2D eigenvalue weighted by Gasteiger charge is -2.19. The van der Waals surface area contributed by atoms with Crippen LogP contribution in [0.3, 0.4) is 0 Å². The Balaban J connectivity index is 1.57. The Labute approximate surface area is 184 Å². The summed E-state index contributed by atoms with van der Waals surface area (Å²) in [5, 5.41) is 3.11. The summed E-state index contributed by atoms with van der Waals surface area (Å²) in [5.41, 5.74) is 5.74. The van der Waals surface area contributed by atoms with Crippen LogP contribution in [0.5, 0.6) is 0 Å². The molecule has 0 radical (unpaired) electrons. The van der Waals surface area contributed by atoms with E-state index in [2.05, 4.69) is 57.4 Å². The Morgan fingerprint density at radius 2 is 1.50 bits per heavy atom. The Morgan fingerprint density at radius 3 is 2.13 bits per heavy atom. The molecule has 0 spiro atoms. The molecule has 0 saturated heterocycles. The van der Waals surface area contributed by atoms with Crippen LogP contribution in [-0.2, 0) is 6.42 Å². The number of allylic oxidation sites excluding steroid dienone is 2. The van der Waals surface area contributed by atoms with Gasteiger partial charge in [0.2, 0.25) is 11.6 Å². The van der Waals surface area contributed by atoms with Crippen LogP contribution in [0, 0.1) is 6.92 Å². The number of aromatic nitrogens is 1. The summed E-state index contributed by atoms with van der Waals surface area (Å²) in [4.78, 5) is 29.8. The zero-order valence-electron chi connectivity index (χ0n) is 16.8. The third-order valence-corrected chi connectivity index (χ3v) is 5.88. The van der Waals surface area contributed by atoms with Crippen molar-refractivity contribution >= 4 is 33.2 Å². The molecule has 0 bridgehead atoms. The van der Waals surface area contributed by atoms with Gasteiger partial charge in [0, 0.05) is 11.4 Å². The molecule has 3 aromatic rings. The van der Waals surface area contributed by atoms with Gasteiger partial charge in [0.15, 0.2) is 0 Å². The largest absolute Gasteiger partial charge is 0.351 e. The number of benzene rings is 2. The predicted molar refractivity (Wildman–Crippen MR) is 123 cm³/mol. The minimum atomic E-state index is -0.292. The molecule has 4 rings (SSSR count). The average molecular weight is 461 g/mol. The van der Waals surface area contributed by atoms with Gasteiger partial charge in [-0.3, -0.25) is 9.59 Å². The van der Waals surface area contributed by atoms with Gasteiger partial charge in [0.1, 0.15) is 11.4 Å². The van der Waals surface area contributed by atoms with Gasteiger partial charge in [-0.2, -0.15) is 0 Å². The summed E-state index contributed by atoms with van der Waals surface area (Å²) in [6.45, 7) is 3.97. The molecule has 1 heterocycles. The summed E-state index contributed by atoms with van der Waals surface area (Å²) in [6, 6.07) is 19.8. The van der Waals surface area contributed by atoms with Gasteiger partial charge in [-0.25, -0.2) is 4.98 Å². The number of anilines is 1. The Hall–Kier alpha value is -3.05. The second kappa shape index (κ2) is 8.36. The summed E-state index contributed by atoms with van der Waals surface area (Å²) < 4.78 is 0.202. The van der Waals surface area contributed by atoms with Crippen molar-refractivity contribution in [3.63, 3.8) is 0 Å². The van der Waals surface area contributed by atoms with E-state index in [4.69, 9.17) is 0 Å². The first-order valence-corrected chi connectivity index (χ1v) is 10.7. The van der Waals surface area contributed by atoms with Crippen molar-refractivity contribution < 1.29 is 9.59 Å². The number of rotatable bonds is 5. The van der Waals surface area contributed by atoms with E-state index in [1.165, 1.54) is 5.56 Å². The highest BCUT2D eigenvalue weighted by atomic mass is 79.9. The zero-order valence-corrected chi connectivity index (χ0v) is 18.4. The van der Waals surface area contributed by atoms with E-state index < -0.39 is 0 Å². The highest BCUT2D eigenvalue weighted by Crippen LogP contribution is 2.30. The van der Waals surface area contributed by atoms with Gasteiger partial charge in [-0.05, 0) is 70.2 Å². The minimum absolute atomic E-state index is 0.194.